The lowest BCUT2D eigenvalue weighted by Gasteiger charge is -2.37. The van der Waals surface area contributed by atoms with Crippen LogP contribution < -0.4 is 5.56 Å². The van der Waals surface area contributed by atoms with Crippen molar-refractivity contribution in [1.29, 1.82) is 0 Å². The zero-order chi connectivity index (χ0) is 25.4. The second-order valence-electron chi connectivity index (χ2n) is 10.0. The zero-order valence-corrected chi connectivity index (χ0v) is 20.8. The highest BCUT2D eigenvalue weighted by molar-refractivity contribution is 6.10. The monoisotopic (exact) mass is 493 g/mol. The normalized spacial score (nSPS) is 16.8. The molecule has 2 fully saturated rings. The molecule has 5 rings (SSSR count). The van der Waals surface area contributed by atoms with E-state index in [4.69, 9.17) is 0 Å². The molecule has 2 aromatic heterocycles. The van der Waals surface area contributed by atoms with Gasteiger partial charge in [-0.25, -0.2) is 0 Å². The quantitative estimate of drug-likeness (QED) is 0.564. The van der Waals surface area contributed by atoms with Gasteiger partial charge in [0.25, 0.3) is 17.4 Å². The van der Waals surface area contributed by atoms with E-state index < -0.39 is 24.0 Å². The van der Waals surface area contributed by atoms with Crippen LogP contribution in [-0.2, 0) is 0 Å². The lowest BCUT2D eigenvalue weighted by Crippen LogP contribution is -2.51. The van der Waals surface area contributed by atoms with Crippen LogP contribution in [0.25, 0.3) is 16.9 Å². The highest BCUT2D eigenvalue weighted by Gasteiger charge is 2.36. The van der Waals surface area contributed by atoms with E-state index in [2.05, 4.69) is 22.2 Å². The third-order valence-electron chi connectivity index (χ3n) is 7.61. The molecule has 36 heavy (non-hydrogen) atoms. The SMILES string of the molecule is CCN(C)C(=O)c1nn2c(=O)cc(-c3ccc(C4CCCCC4)cc3)[nH]c2c1C(=O)N1CC(CF)C1. The van der Waals surface area contributed by atoms with Crippen molar-refractivity contribution in [3.63, 3.8) is 0 Å². The number of halogens is 1. The highest BCUT2D eigenvalue weighted by Crippen LogP contribution is 2.33. The summed E-state index contributed by atoms with van der Waals surface area (Å²) >= 11 is 0. The van der Waals surface area contributed by atoms with Gasteiger partial charge in [-0.05, 0) is 36.8 Å². The molecule has 3 heterocycles. The van der Waals surface area contributed by atoms with Crippen molar-refractivity contribution in [1.82, 2.24) is 24.4 Å². The van der Waals surface area contributed by atoms with E-state index in [0.717, 1.165) is 10.1 Å². The van der Waals surface area contributed by atoms with Crippen LogP contribution in [0.3, 0.4) is 0 Å². The maximum absolute atomic E-state index is 13.4. The van der Waals surface area contributed by atoms with Gasteiger partial charge in [0.2, 0.25) is 0 Å². The number of nitrogens with one attached hydrogen (secondary N) is 1. The maximum atomic E-state index is 13.4. The molecular weight excluding hydrogens is 461 g/mol. The minimum absolute atomic E-state index is 0.0513. The molecule has 2 amide bonds. The lowest BCUT2D eigenvalue weighted by atomic mass is 9.84. The molecule has 0 spiro atoms. The van der Waals surface area contributed by atoms with E-state index in [-0.39, 0.29) is 35.9 Å². The van der Waals surface area contributed by atoms with Crippen LogP contribution in [0.15, 0.2) is 35.1 Å². The Kier molecular flexibility index (Phi) is 6.64. The van der Waals surface area contributed by atoms with Gasteiger partial charge in [0.15, 0.2) is 11.3 Å². The summed E-state index contributed by atoms with van der Waals surface area (Å²) in [5.41, 5.74) is 2.38. The Labute approximate surface area is 209 Å². The molecule has 1 saturated carbocycles. The Morgan fingerprint density at radius 1 is 1.14 bits per heavy atom. The van der Waals surface area contributed by atoms with Crippen LogP contribution in [0.4, 0.5) is 4.39 Å². The number of H-pyrrole nitrogens is 1. The summed E-state index contributed by atoms with van der Waals surface area (Å²) in [7, 11) is 1.62. The number of likely N-dealkylation sites (tertiary alicyclic amines) is 1. The number of amides is 2. The first-order valence-corrected chi connectivity index (χ1v) is 12.8. The minimum Gasteiger partial charge on any atom is -0.341 e. The Hall–Kier alpha value is -3.49. The van der Waals surface area contributed by atoms with Crippen LogP contribution in [0, 0.1) is 5.92 Å². The summed E-state index contributed by atoms with van der Waals surface area (Å²) in [6.07, 6.45) is 6.21. The molecule has 0 radical (unpaired) electrons. The molecule has 0 unspecified atom stereocenters. The number of aromatic amines is 1. The molecule has 1 N–H and O–H groups in total. The fourth-order valence-corrected chi connectivity index (χ4v) is 5.24. The molecule has 1 aliphatic heterocycles. The molecule has 3 aromatic rings. The van der Waals surface area contributed by atoms with Gasteiger partial charge in [0.05, 0.1) is 12.4 Å². The fourth-order valence-electron chi connectivity index (χ4n) is 5.24. The molecule has 8 nitrogen and oxygen atoms in total. The van der Waals surface area contributed by atoms with Crippen molar-refractivity contribution in [2.24, 2.45) is 5.92 Å². The lowest BCUT2D eigenvalue weighted by molar-refractivity contribution is 0.0450. The van der Waals surface area contributed by atoms with Crippen molar-refractivity contribution in [3.05, 3.63) is 57.5 Å². The van der Waals surface area contributed by atoms with Gasteiger partial charge in [-0.3, -0.25) is 18.8 Å². The van der Waals surface area contributed by atoms with Gasteiger partial charge >= 0.3 is 0 Å². The van der Waals surface area contributed by atoms with E-state index >= 15 is 0 Å². The van der Waals surface area contributed by atoms with E-state index in [1.165, 1.54) is 53.5 Å². The maximum Gasteiger partial charge on any atom is 0.275 e. The number of hydrogen-bond acceptors (Lipinski definition) is 4. The summed E-state index contributed by atoms with van der Waals surface area (Å²) in [5.74, 6) is -0.506. The van der Waals surface area contributed by atoms with Crippen LogP contribution in [0.1, 0.15) is 71.4 Å². The van der Waals surface area contributed by atoms with Crippen LogP contribution >= 0.6 is 0 Å². The summed E-state index contributed by atoms with van der Waals surface area (Å²) in [4.78, 5) is 45.7. The number of alkyl halides is 1. The predicted octanol–water partition coefficient (Wildman–Crippen LogP) is 3.87. The summed E-state index contributed by atoms with van der Waals surface area (Å²) < 4.78 is 14.1. The first-order chi connectivity index (χ1) is 17.4. The first-order valence-electron chi connectivity index (χ1n) is 12.8. The average molecular weight is 494 g/mol. The van der Waals surface area contributed by atoms with Crippen molar-refractivity contribution in [2.45, 2.75) is 44.9 Å². The number of carbonyl (C=O) groups is 2. The van der Waals surface area contributed by atoms with Gasteiger partial charge in [0, 0.05) is 38.7 Å². The molecule has 1 saturated heterocycles. The number of fused-ring (bicyclic) bond motifs is 1. The second-order valence-corrected chi connectivity index (χ2v) is 10.0. The van der Waals surface area contributed by atoms with Gasteiger partial charge in [-0.1, -0.05) is 43.5 Å². The fraction of sp³-hybridized carbons (Fsp3) is 0.481. The van der Waals surface area contributed by atoms with Crippen molar-refractivity contribution >= 4 is 17.5 Å². The summed E-state index contributed by atoms with van der Waals surface area (Å²) in [5, 5.41) is 4.25. The van der Waals surface area contributed by atoms with Crippen molar-refractivity contribution in [3.8, 4) is 11.3 Å². The molecule has 0 atom stereocenters. The summed E-state index contributed by atoms with van der Waals surface area (Å²) in [6.45, 7) is 2.28. The topological polar surface area (TPSA) is 90.8 Å². The Balaban J connectivity index is 1.57. The zero-order valence-electron chi connectivity index (χ0n) is 20.8. The number of nitrogens with zero attached hydrogens (tertiary/aromatic N) is 4. The Morgan fingerprint density at radius 3 is 2.47 bits per heavy atom. The van der Waals surface area contributed by atoms with Gasteiger partial charge in [0.1, 0.15) is 5.56 Å². The number of benzene rings is 1. The number of carbonyl (C=O) groups excluding carboxylic acids is 2. The predicted molar refractivity (Wildman–Crippen MR) is 135 cm³/mol. The minimum atomic E-state index is -0.499. The van der Waals surface area contributed by atoms with E-state index in [0.29, 0.717) is 18.2 Å². The van der Waals surface area contributed by atoms with Crippen molar-refractivity contribution < 1.29 is 14.0 Å². The van der Waals surface area contributed by atoms with Crippen LogP contribution in [0.2, 0.25) is 0 Å². The molecule has 0 bridgehead atoms. The van der Waals surface area contributed by atoms with Crippen LogP contribution in [-0.4, -0.2) is 69.6 Å². The van der Waals surface area contributed by atoms with E-state index in [1.807, 2.05) is 19.1 Å². The Bertz CT molecular complexity index is 1330. The van der Waals surface area contributed by atoms with Crippen molar-refractivity contribution in [2.75, 3.05) is 33.4 Å². The van der Waals surface area contributed by atoms with Gasteiger partial charge in [-0.15, -0.1) is 0 Å². The number of aromatic nitrogens is 3. The molecule has 1 aliphatic carbocycles. The van der Waals surface area contributed by atoms with E-state index in [9.17, 15) is 18.8 Å². The Morgan fingerprint density at radius 2 is 1.83 bits per heavy atom. The molecule has 9 heteroatoms. The van der Waals surface area contributed by atoms with Crippen LogP contribution in [0.5, 0.6) is 0 Å². The third kappa shape index (κ3) is 4.31. The molecule has 1 aromatic carbocycles. The van der Waals surface area contributed by atoms with Gasteiger partial charge in [-0.2, -0.15) is 9.61 Å². The summed E-state index contributed by atoms with van der Waals surface area (Å²) in [6, 6.07) is 9.63. The standard InChI is InChI=1S/C27H32FN5O3/c1-3-31(2)27(36)24-23(26(35)32-15-17(14-28)16-32)25-29-21(13-22(34)33(25)30-24)20-11-9-19(10-12-20)18-7-5-4-6-8-18/h9-13,17-18,29H,3-8,14-16H2,1-2H3. The second kappa shape index (κ2) is 9.87. The average Bonchev–Trinajstić information content (AvgIpc) is 3.28. The molecule has 2 aliphatic rings. The highest BCUT2D eigenvalue weighted by atomic mass is 19.1. The molecular formula is C27H32FN5O3. The number of rotatable bonds is 6. The largest absolute Gasteiger partial charge is 0.341 e. The smallest absolute Gasteiger partial charge is 0.275 e. The third-order valence-corrected chi connectivity index (χ3v) is 7.61. The molecule has 190 valence electrons. The van der Waals surface area contributed by atoms with E-state index in [1.54, 1.807) is 7.05 Å². The first kappa shape index (κ1) is 24.2. The van der Waals surface area contributed by atoms with Gasteiger partial charge < -0.3 is 14.8 Å². The number of hydrogen-bond donors (Lipinski definition) is 1.